The van der Waals surface area contributed by atoms with E-state index in [1.807, 2.05) is 0 Å². The number of alkyl halides is 3. The van der Waals surface area contributed by atoms with Crippen LogP contribution >= 0.6 is 11.6 Å². The zero-order valence-electron chi connectivity index (χ0n) is 21.0. The van der Waals surface area contributed by atoms with Crippen molar-refractivity contribution in [3.63, 3.8) is 0 Å². The average Bonchev–Trinajstić information content (AvgIpc) is 3.28. The molecule has 2 heterocycles. The Labute approximate surface area is 231 Å². The molecule has 2 aromatic heterocycles. The lowest BCUT2D eigenvalue weighted by Gasteiger charge is -2.21. The van der Waals surface area contributed by atoms with Gasteiger partial charge in [-0.15, -0.1) is 0 Å². The van der Waals surface area contributed by atoms with Crippen molar-refractivity contribution >= 4 is 17.5 Å². The second kappa shape index (κ2) is 11.3. The van der Waals surface area contributed by atoms with E-state index >= 15 is 0 Å². The standard InChI is InChI=1S/C28H23ClF5N5O/c29-18-7-5-16(6-8-18)22-12-35-15-37-26(22)23(17-9-19(30)11-20(31)10-17)13-36-25(40)14-39-24-4-2-1-3-21(24)27(38-39)28(32,33)34/h5-12,15,23H,1-4,13-14H2,(H,36,40). The summed E-state index contributed by atoms with van der Waals surface area (Å²) in [6.07, 6.45) is 0.169. The van der Waals surface area contributed by atoms with Crippen LogP contribution in [-0.4, -0.2) is 32.2 Å². The first-order chi connectivity index (χ1) is 19.1. The molecule has 0 fully saturated rings. The summed E-state index contributed by atoms with van der Waals surface area (Å²) in [6.45, 7) is -0.578. The van der Waals surface area contributed by atoms with Gasteiger partial charge in [0, 0.05) is 46.6 Å². The second-order valence-corrected chi connectivity index (χ2v) is 9.96. The highest BCUT2D eigenvalue weighted by Crippen LogP contribution is 2.36. The van der Waals surface area contributed by atoms with Gasteiger partial charge in [-0.25, -0.2) is 18.7 Å². The number of rotatable bonds is 7. The monoisotopic (exact) mass is 575 g/mol. The lowest BCUT2D eigenvalue weighted by molar-refractivity contribution is -0.142. The van der Waals surface area contributed by atoms with Crippen LogP contribution in [0.3, 0.4) is 0 Å². The Morgan fingerprint density at radius 1 is 1.05 bits per heavy atom. The third-order valence-corrected chi connectivity index (χ3v) is 7.09. The van der Waals surface area contributed by atoms with Crippen LogP contribution in [0.15, 0.2) is 55.0 Å². The maximum atomic E-state index is 14.2. The highest BCUT2D eigenvalue weighted by molar-refractivity contribution is 6.30. The van der Waals surface area contributed by atoms with Crippen molar-refractivity contribution in [1.82, 2.24) is 25.1 Å². The first kappa shape index (κ1) is 27.7. The van der Waals surface area contributed by atoms with Crippen LogP contribution in [-0.2, 0) is 30.4 Å². The summed E-state index contributed by atoms with van der Waals surface area (Å²) in [7, 11) is 0. The van der Waals surface area contributed by atoms with E-state index in [1.165, 1.54) is 6.33 Å². The zero-order valence-corrected chi connectivity index (χ0v) is 21.7. The summed E-state index contributed by atoms with van der Waals surface area (Å²) in [4.78, 5) is 21.5. The molecule has 6 nitrogen and oxygen atoms in total. The molecule has 0 bridgehead atoms. The minimum atomic E-state index is -4.62. The topological polar surface area (TPSA) is 72.7 Å². The van der Waals surface area contributed by atoms with Gasteiger partial charge >= 0.3 is 6.18 Å². The molecule has 5 rings (SSSR count). The number of nitrogens with zero attached hydrogens (tertiary/aromatic N) is 4. The normalized spacial score (nSPS) is 14.1. The second-order valence-electron chi connectivity index (χ2n) is 9.52. The summed E-state index contributed by atoms with van der Waals surface area (Å²) in [5.74, 6) is -3.04. The molecule has 1 N–H and O–H groups in total. The fourth-order valence-corrected chi connectivity index (χ4v) is 5.18. The molecule has 1 atom stereocenters. The lowest BCUT2D eigenvalue weighted by atomic mass is 9.90. The smallest absolute Gasteiger partial charge is 0.353 e. The first-order valence-electron chi connectivity index (χ1n) is 12.5. The van der Waals surface area contributed by atoms with E-state index in [9.17, 15) is 26.7 Å². The van der Waals surface area contributed by atoms with E-state index < -0.39 is 41.9 Å². The van der Waals surface area contributed by atoms with Crippen LogP contribution in [0, 0.1) is 11.6 Å². The maximum Gasteiger partial charge on any atom is 0.435 e. The van der Waals surface area contributed by atoms with Crippen LogP contribution in [0.1, 0.15) is 47.0 Å². The molecule has 0 saturated carbocycles. The van der Waals surface area contributed by atoms with E-state index in [0.717, 1.165) is 22.9 Å². The van der Waals surface area contributed by atoms with Crippen molar-refractivity contribution in [3.05, 3.63) is 99.9 Å². The van der Waals surface area contributed by atoms with Crippen molar-refractivity contribution in [1.29, 1.82) is 0 Å². The van der Waals surface area contributed by atoms with Crippen molar-refractivity contribution in [2.45, 2.75) is 44.3 Å². The van der Waals surface area contributed by atoms with E-state index in [4.69, 9.17) is 11.6 Å². The number of fused-ring (bicyclic) bond motifs is 1. The number of carbonyl (C=O) groups excluding carboxylic acids is 1. The van der Waals surface area contributed by atoms with Crippen LogP contribution < -0.4 is 5.32 Å². The summed E-state index contributed by atoms with van der Waals surface area (Å²) in [5, 5.41) is 6.94. The van der Waals surface area contributed by atoms with Crippen molar-refractivity contribution in [2.75, 3.05) is 6.54 Å². The van der Waals surface area contributed by atoms with E-state index in [1.54, 1.807) is 30.5 Å². The van der Waals surface area contributed by atoms with Gasteiger partial charge in [0.2, 0.25) is 5.91 Å². The van der Waals surface area contributed by atoms with Crippen LogP contribution in [0.2, 0.25) is 5.02 Å². The number of nitrogens with one attached hydrogen (secondary N) is 1. The minimum Gasteiger partial charge on any atom is -0.353 e. The largest absolute Gasteiger partial charge is 0.435 e. The number of benzene rings is 2. The van der Waals surface area contributed by atoms with Gasteiger partial charge in [-0.1, -0.05) is 23.7 Å². The predicted octanol–water partition coefficient (Wildman–Crippen LogP) is 6.12. The number of aromatic nitrogens is 4. The van der Waals surface area contributed by atoms with Gasteiger partial charge in [-0.3, -0.25) is 9.48 Å². The summed E-state index contributed by atoms with van der Waals surface area (Å²) >= 11 is 6.02. The molecule has 2 aromatic carbocycles. The Balaban J connectivity index is 1.45. The molecule has 12 heteroatoms. The fraction of sp³-hybridized carbons (Fsp3) is 0.286. The van der Waals surface area contributed by atoms with Crippen molar-refractivity contribution in [3.8, 4) is 11.1 Å². The first-order valence-corrected chi connectivity index (χ1v) is 12.9. The van der Waals surface area contributed by atoms with Gasteiger partial charge in [-0.05, 0) is 61.1 Å². The number of amides is 1. The number of hydrogen-bond donors (Lipinski definition) is 1. The summed E-state index contributed by atoms with van der Waals surface area (Å²) in [5.41, 5.74) is 1.42. The van der Waals surface area contributed by atoms with Gasteiger partial charge in [0.05, 0.1) is 5.69 Å². The lowest BCUT2D eigenvalue weighted by Crippen LogP contribution is -2.33. The molecule has 0 radical (unpaired) electrons. The van der Waals surface area contributed by atoms with Gasteiger partial charge in [0.15, 0.2) is 5.69 Å². The minimum absolute atomic E-state index is 0.133. The van der Waals surface area contributed by atoms with Crippen LogP contribution in [0.25, 0.3) is 11.1 Å². The molecule has 0 spiro atoms. The summed E-state index contributed by atoms with van der Waals surface area (Å²) < 4.78 is 70.3. The quantitative estimate of drug-likeness (QED) is 0.270. The third kappa shape index (κ3) is 5.99. The Hall–Kier alpha value is -3.86. The number of carbonyl (C=O) groups is 1. The van der Waals surface area contributed by atoms with Gasteiger partial charge in [0.25, 0.3) is 0 Å². The molecule has 0 saturated heterocycles. The maximum absolute atomic E-state index is 14.2. The molecule has 1 aliphatic carbocycles. The SMILES string of the molecule is O=C(Cn1nc(C(F)(F)F)c2c1CCCC2)NCC(c1cc(F)cc(F)c1)c1ncncc1-c1ccc(Cl)cc1. The molecular formula is C28H23ClF5N5O. The number of hydrogen-bond acceptors (Lipinski definition) is 4. The highest BCUT2D eigenvalue weighted by atomic mass is 35.5. The average molecular weight is 576 g/mol. The molecule has 1 amide bonds. The molecular weight excluding hydrogens is 553 g/mol. The van der Waals surface area contributed by atoms with Crippen molar-refractivity contribution < 1.29 is 26.7 Å². The Bertz CT molecular complexity index is 1520. The van der Waals surface area contributed by atoms with Crippen LogP contribution in [0.5, 0.6) is 0 Å². The van der Waals surface area contributed by atoms with E-state index in [-0.39, 0.29) is 24.1 Å². The van der Waals surface area contributed by atoms with E-state index in [2.05, 4.69) is 20.4 Å². The summed E-state index contributed by atoms with van der Waals surface area (Å²) in [6, 6.07) is 9.86. The van der Waals surface area contributed by atoms with Gasteiger partial charge < -0.3 is 5.32 Å². The number of halogens is 6. The highest BCUT2D eigenvalue weighted by Gasteiger charge is 2.39. The van der Waals surface area contributed by atoms with Crippen molar-refractivity contribution in [2.24, 2.45) is 0 Å². The van der Waals surface area contributed by atoms with E-state index in [0.29, 0.717) is 46.8 Å². The van der Waals surface area contributed by atoms with Crippen LogP contribution in [0.4, 0.5) is 22.0 Å². The predicted molar refractivity (Wildman–Crippen MR) is 138 cm³/mol. The Kier molecular flexibility index (Phi) is 7.84. The Morgan fingerprint density at radius 3 is 2.45 bits per heavy atom. The molecule has 40 heavy (non-hydrogen) atoms. The van der Waals surface area contributed by atoms with Gasteiger partial charge in [0.1, 0.15) is 24.5 Å². The molecule has 4 aromatic rings. The molecule has 208 valence electrons. The molecule has 0 aliphatic heterocycles. The fourth-order valence-electron chi connectivity index (χ4n) is 5.05. The Morgan fingerprint density at radius 2 is 1.75 bits per heavy atom. The molecule has 1 aliphatic rings. The van der Waals surface area contributed by atoms with Gasteiger partial charge in [-0.2, -0.15) is 18.3 Å². The molecule has 1 unspecified atom stereocenters. The zero-order chi connectivity index (χ0) is 28.4. The third-order valence-electron chi connectivity index (χ3n) is 6.84.